The molecule has 2 saturated heterocycles. The van der Waals surface area contributed by atoms with Crippen LogP contribution in [0.15, 0.2) is 24.3 Å². The van der Waals surface area contributed by atoms with Gasteiger partial charge in [-0.15, -0.1) is 0 Å². The number of imide groups is 1. The second-order valence-corrected chi connectivity index (χ2v) is 5.27. The van der Waals surface area contributed by atoms with Crippen molar-refractivity contribution in [3.05, 3.63) is 35.4 Å². The first kappa shape index (κ1) is 12.0. The minimum atomic E-state index is -0.817. The molecule has 0 radical (unpaired) electrons. The molecule has 4 atom stereocenters. The molecule has 2 amide bonds. The highest BCUT2D eigenvalue weighted by molar-refractivity contribution is 6.21. The molecule has 1 aromatic rings. The molecule has 6 nitrogen and oxygen atoms in total. The van der Waals surface area contributed by atoms with Gasteiger partial charge in [-0.05, 0) is 12.1 Å². The lowest BCUT2D eigenvalue weighted by Crippen LogP contribution is -2.53. The first-order valence-electron chi connectivity index (χ1n) is 6.59. The van der Waals surface area contributed by atoms with Crippen molar-refractivity contribution in [1.29, 1.82) is 0 Å². The Bertz CT molecular complexity index is 566. The highest BCUT2D eigenvalue weighted by Gasteiger charge is 2.50. The SMILES string of the molecule is O=C1c2ccccc2C(=O)N1C1CC(O)C2OCC1O2. The lowest BCUT2D eigenvalue weighted by molar-refractivity contribution is -0.166. The topological polar surface area (TPSA) is 76.1 Å². The summed E-state index contributed by atoms with van der Waals surface area (Å²) in [6.45, 7) is 0.291. The highest BCUT2D eigenvalue weighted by atomic mass is 16.7. The zero-order valence-corrected chi connectivity index (χ0v) is 10.6. The highest BCUT2D eigenvalue weighted by Crippen LogP contribution is 2.35. The maximum absolute atomic E-state index is 12.4. The van der Waals surface area contributed by atoms with E-state index in [4.69, 9.17) is 9.47 Å². The van der Waals surface area contributed by atoms with E-state index in [0.29, 0.717) is 24.2 Å². The van der Waals surface area contributed by atoms with Crippen LogP contribution in [0.5, 0.6) is 0 Å². The smallest absolute Gasteiger partial charge is 0.261 e. The Morgan fingerprint density at radius 1 is 1.15 bits per heavy atom. The summed E-state index contributed by atoms with van der Waals surface area (Å²) in [5, 5.41) is 9.92. The zero-order chi connectivity index (χ0) is 13.9. The van der Waals surface area contributed by atoms with E-state index in [1.165, 1.54) is 4.90 Å². The summed E-state index contributed by atoms with van der Waals surface area (Å²) in [5.41, 5.74) is 0.820. The number of fused-ring (bicyclic) bond motifs is 3. The first-order valence-corrected chi connectivity index (χ1v) is 6.59. The van der Waals surface area contributed by atoms with Crippen molar-refractivity contribution in [2.45, 2.75) is 31.0 Å². The maximum Gasteiger partial charge on any atom is 0.261 e. The first-order chi connectivity index (χ1) is 9.66. The fourth-order valence-corrected chi connectivity index (χ4v) is 3.14. The molecule has 0 aromatic heterocycles. The van der Waals surface area contributed by atoms with E-state index in [0.717, 1.165) is 0 Å². The molecule has 0 saturated carbocycles. The van der Waals surface area contributed by atoms with E-state index in [2.05, 4.69) is 0 Å². The van der Waals surface area contributed by atoms with Crippen molar-refractivity contribution in [1.82, 2.24) is 4.90 Å². The minimum absolute atomic E-state index is 0.291. The molecular formula is C14H13NO5. The number of aliphatic hydroxyl groups excluding tert-OH is 1. The van der Waals surface area contributed by atoms with E-state index in [-0.39, 0.29) is 17.9 Å². The minimum Gasteiger partial charge on any atom is -0.388 e. The van der Waals surface area contributed by atoms with E-state index in [1.807, 2.05) is 0 Å². The number of carbonyl (C=O) groups is 2. The summed E-state index contributed by atoms with van der Waals surface area (Å²) in [5.74, 6) is -0.645. The van der Waals surface area contributed by atoms with Crippen molar-refractivity contribution in [3.8, 4) is 0 Å². The largest absolute Gasteiger partial charge is 0.388 e. The van der Waals surface area contributed by atoms with Crippen LogP contribution in [0.4, 0.5) is 0 Å². The Balaban J connectivity index is 1.70. The number of benzene rings is 1. The van der Waals surface area contributed by atoms with Crippen LogP contribution in [0, 0.1) is 0 Å². The molecule has 2 bridgehead atoms. The third-order valence-electron chi connectivity index (χ3n) is 4.12. The van der Waals surface area contributed by atoms with Crippen LogP contribution < -0.4 is 0 Å². The molecule has 1 aromatic carbocycles. The van der Waals surface area contributed by atoms with Crippen LogP contribution in [-0.2, 0) is 9.47 Å². The lowest BCUT2D eigenvalue weighted by atomic mass is 10.00. The predicted octanol–water partition coefficient (Wildman–Crippen LogP) is 0.157. The normalized spacial score (nSPS) is 35.5. The van der Waals surface area contributed by atoms with Crippen molar-refractivity contribution in [2.24, 2.45) is 0 Å². The molecule has 104 valence electrons. The molecule has 0 aliphatic carbocycles. The molecular weight excluding hydrogens is 262 g/mol. The van der Waals surface area contributed by atoms with Gasteiger partial charge in [0.05, 0.1) is 23.8 Å². The van der Waals surface area contributed by atoms with Crippen LogP contribution in [-0.4, -0.2) is 53.0 Å². The Morgan fingerprint density at radius 3 is 2.45 bits per heavy atom. The molecule has 4 rings (SSSR count). The summed E-state index contributed by atoms with van der Waals surface area (Å²) >= 11 is 0. The number of ether oxygens (including phenoxy) is 2. The number of carbonyl (C=O) groups excluding carboxylic acids is 2. The van der Waals surface area contributed by atoms with Gasteiger partial charge in [0.25, 0.3) is 11.8 Å². The molecule has 20 heavy (non-hydrogen) atoms. The number of rotatable bonds is 1. The molecule has 3 heterocycles. The van der Waals surface area contributed by atoms with Gasteiger partial charge in [0.15, 0.2) is 6.29 Å². The van der Waals surface area contributed by atoms with Gasteiger partial charge in [0.1, 0.15) is 12.2 Å². The van der Waals surface area contributed by atoms with Gasteiger partial charge in [-0.25, -0.2) is 0 Å². The van der Waals surface area contributed by atoms with Crippen LogP contribution in [0.3, 0.4) is 0 Å². The fourth-order valence-electron chi connectivity index (χ4n) is 3.14. The number of nitrogens with zero attached hydrogens (tertiary/aromatic N) is 1. The van der Waals surface area contributed by atoms with Crippen molar-refractivity contribution < 1.29 is 24.2 Å². The summed E-state index contributed by atoms with van der Waals surface area (Å²) in [7, 11) is 0. The molecule has 1 N–H and O–H groups in total. The standard InChI is InChI=1S/C14H13NO5/c16-10-5-9(11-6-19-14(10)20-11)15-12(17)7-3-1-2-4-8(7)13(15)18/h1-4,9-11,14,16H,5-6H2. The molecule has 6 heteroatoms. The van der Waals surface area contributed by atoms with Crippen molar-refractivity contribution in [3.63, 3.8) is 0 Å². The third kappa shape index (κ3) is 1.49. The Morgan fingerprint density at radius 2 is 1.80 bits per heavy atom. The van der Waals surface area contributed by atoms with Crippen LogP contribution >= 0.6 is 0 Å². The van der Waals surface area contributed by atoms with Crippen LogP contribution in [0.2, 0.25) is 0 Å². The van der Waals surface area contributed by atoms with Gasteiger partial charge in [-0.2, -0.15) is 0 Å². The Hall–Kier alpha value is -1.76. The molecule has 3 aliphatic rings. The molecule has 3 aliphatic heterocycles. The number of amides is 2. The zero-order valence-electron chi connectivity index (χ0n) is 10.6. The van der Waals surface area contributed by atoms with Crippen molar-refractivity contribution in [2.75, 3.05) is 6.61 Å². The second-order valence-electron chi connectivity index (χ2n) is 5.27. The summed E-state index contributed by atoms with van der Waals surface area (Å²) in [6, 6.07) is 6.27. The third-order valence-corrected chi connectivity index (χ3v) is 4.12. The van der Waals surface area contributed by atoms with Crippen LogP contribution in [0.1, 0.15) is 27.1 Å². The van der Waals surface area contributed by atoms with E-state index in [1.54, 1.807) is 24.3 Å². The second kappa shape index (κ2) is 4.12. The Labute approximate surface area is 114 Å². The van der Waals surface area contributed by atoms with Gasteiger partial charge in [-0.3, -0.25) is 14.5 Å². The maximum atomic E-state index is 12.4. The van der Waals surface area contributed by atoms with Gasteiger partial charge >= 0.3 is 0 Å². The molecule has 4 unspecified atom stereocenters. The van der Waals surface area contributed by atoms with E-state index in [9.17, 15) is 14.7 Å². The van der Waals surface area contributed by atoms with Crippen molar-refractivity contribution >= 4 is 11.8 Å². The van der Waals surface area contributed by atoms with E-state index >= 15 is 0 Å². The Kier molecular flexibility index (Phi) is 2.47. The monoisotopic (exact) mass is 275 g/mol. The summed E-state index contributed by atoms with van der Waals surface area (Å²) in [4.78, 5) is 26.0. The van der Waals surface area contributed by atoms with Crippen LogP contribution in [0.25, 0.3) is 0 Å². The van der Waals surface area contributed by atoms with Gasteiger partial charge in [-0.1, -0.05) is 12.1 Å². The number of hydrogen-bond donors (Lipinski definition) is 1. The van der Waals surface area contributed by atoms with Gasteiger partial charge in [0.2, 0.25) is 0 Å². The summed E-state index contributed by atoms with van der Waals surface area (Å²) < 4.78 is 10.8. The van der Waals surface area contributed by atoms with Gasteiger partial charge in [0, 0.05) is 6.42 Å². The lowest BCUT2D eigenvalue weighted by Gasteiger charge is -2.35. The summed E-state index contributed by atoms with van der Waals surface area (Å²) in [6.07, 6.45) is -1.51. The fraction of sp³-hybridized carbons (Fsp3) is 0.429. The quantitative estimate of drug-likeness (QED) is 0.739. The average Bonchev–Trinajstić information content (AvgIpc) is 2.99. The van der Waals surface area contributed by atoms with Gasteiger partial charge < -0.3 is 14.6 Å². The van der Waals surface area contributed by atoms with E-state index < -0.39 is 18.4 Å². The average molecular weight is 275 g/mol. The number of hydrogen-bond acceptors (Lipinski definition) is 5. The predicted molar refractivity (Wildman–Crippen MR) is 66.0 cm³/mol. The number of aliphatic hydroxyl groups is 1. The molecule has 0 spiro atoms. The molecule has 2 fully saturated rings.